The predicted molar refractivity (Wildman–Crippen MR) is 80.6 cm³/mol. The Morgan fingerprint density at radius 1 is 1.26 bits per heavy atom. The summed E-state index contributed by atoms with van der Waals surface area (Å²) in [5.74, 6) is 1.84. The first-order valence-corrected chi connectivity index (χ1v) is 7.67. The second kappa shape index (κ2) is 6.95. The predicted octanol–water partition coefficient (Wildman–Crippen LogP) is 4.31. The Balaban J connectivity index is 1.89. The molecular formula is C17H27NO. The van der Waals surface area contributed by atoms with Crippen LogP contribution in [0.25, 0.3) is 0 Å². The van der Waals surface area contributed by atoms with E-state index in [-0.39, 0.29) is 0 Å². The van der Waals surface area contributed by atoms with Gasteiger partial charge < -0.3 is 10.1 Å². The molecule has 1 aliphatic rings. The third kappa shape index (κ3) is 4.24. The highest BCUT2D eigenvalue weighted by molar-refractivity contribution is 5.29. The van der Waals surface area contributed by atoms with Gasteiger partial charge in [-0.15, -0.1) is 0 Å². The van der Waals surface area contributed by atoms with Crippen molar-refractivity contribution < 1.29 is 4.74 Å². The Bertz CT molecular complexity index is 373. The molecule has 0 amide bonds. The molecule has 0 spiro atoms. The summed E-state index contributed by atoms with van der Waals surface area (Å²) in [5, 5.41) is 3.78. The molecule has 1 aromatic carbocycles. The molecular weight excluding hydrogens is 234 g/mol. The van der Waals surface area contributed by atoms with Crippen molar-refractivity contribution in [1.82, 2.24) is 5.32 Å². The number of benzene rings is 1. The van der Waals surface area contributed by atoms with Gasteiger partial charge in [-0.25, -0.2) is 0 Å². The van der Waals surface area contributed by atoms with E-state index in [2.05, 4.69) is 43.4 Å². The third-order valence-electron chi connectivity index (χ3n) is 4.11. The summed E-state index contributed by atoms with van der Waals surface area (Å²) in [6.07, 6.45) is 5.41. The van der Waals surface area contributed by atoms with E-state index in [4.69, 9.17) is 4.74 Å². The number of rotatable bonds is 5. The van der Waals surface area contributed by atoms with Gasteiger partial charge in [-0.05, 0) is 50.3 Å². The number of nitrogens with one attached hydrogen (secondary N) is 1. The van der Waals surface area contributed by atoms with Crippen LogP contribution in [0, 0.1) is 5.92 Å². The minimum absolute atomic E-state index is 0.422. The molecule has 2 nitrogen and oxygen atoms in total. The molecule has 0 radical (unpaired) electrons. The van der Waals surface area contributed by atoms with E-state index in [0.717, 1.165) is 18.3 Å². The van der Waals surface area contributed by atoms with Crippen LogP contribution in [-0.4, -0.2) is 12.6 Å². The normalized spacial score (nSPS) is 25.0. The van der Waals surface area contributed by atoms with Crippen LogP contribution >= 0.6 is 0 Å². The fourth-order valence-electron chi connectivity index (χ4n) is 3.05. The minimum atomic E-state index is 0.422. The fourth-order valence-corrected chi connectivity index (χ4v) is 3.05. The largest absolute Gasteiger partial charge is 0.494 e. The first-order valence-electron chi connectivity index (χ1n) is 7.67. The van der Waals surface area contributed by atoms with Gasteiger partial charge in [0.2, 0.25) is 0 Å². The highest BCUT2D eigenvalue weighted by Crippen LogP contribution is 2.26. The fraction of sp³-hybridized carbons (Fsp3) is 0.647. The van der Waals surface area contributed by atoms with Crippen molar-refractivity contribution in [3.63, 3.8) is 0 Å². The van der Waals surface area contributed by atoms with Gasteiger partial charge in [-0.3, -0.25) is 0 Å². The topological polar surface area (TPSA) is 21.3 Å². The summed E-state index contributed by atoms with van der Waals surface area (Å²) in [6, 6.07) is 9.60. The smallest absolute Gasteiger partial charge is 0.119 e. The molecule has 1 fully saturated rings. The maximum absolute atomic E-state index is 5.48. The van der Waals surface area contributed by atoms with Crippen LogP contribution in [-0.2, 0) is 0 Å². The van der Waals surface area contributed by atoms with Gasteiger partial charge >= 0.3 is 0 Å². The molecule has 0 bridgehead atoms. The van der Waals surface area contributed by atoms with Crippen LogP contribution in [0.5, 0.6) is 5.75 Å². The number of ether oxygens (including phenoxy) is 1. The van der Waals surface area contributed by atoms with Gasteiger partial charge in [-0.2, -0.15) is 0 Å². The van der Waals surface area contributed by atoms with E-state index in [0.29, 0.717) is 12.1 Å². The molecule has 2 heteroatoms. The molecule has 1 aliphatic carbocycles. The Hall–Kier alpha value is -1.02. The molecule has 106 valence electrons. The van der Waals surface area contributed by atoms with Gasteiger partial charge in [0.05, 0.1) is 6.61 Å². The Morgan fingerprint density at radius 2 is 2.00 bits per heavy atom. The third-order valence-corrected chi connectivity index (χ3v) is 4.11. The molecule has 0 saturated heterocycles. The summed E-state index contributed by atoms with van der Waals surface area (Å²) < 4.78 is 5.48. The first-order chi connectivity index (χ1) is 9.19. The molecule has 3 atom stereocenters. The van der Waals surface area contributed by atoms with Crippen LogP contribution in [0.1, 0.15) is 58.1 Å². The highest BCUT2D eigenvalue weighted by atomic mass is 16.5. The maximum atomic E-state index is 5.48. The highest BCUT2D eigenvalue weighted by Gasteiger charge is 2.20. The van der Waals surface area contributed by atoms with Gasteiger partial charge in [0.15, 0.2) is 0 Å². The number of hydrogen-bond acceptors (Lipinski definition) is 2. The summed E-state index contributed by atoms with van der Waals surface area (Å²) in [5.41, 5.74) is 1.35. The zero-order valence-electron chi connectivity index (χ0n) is 12.5. The van der Waals surface area contributed by atoms with Gasteiger partial charge in [-0.1, -0.05) is 31.9 Å². The average Bonchev–Trinajstić information content (AvgIpc) is 2.40. The monoisotopic (exact) mass is 261 g/mol. The van der Waals surface area contributed by atoms with E-state index < -0.39 is 0 Å². The van der Waals surface area contributed by atoms with Crippen molar-refractivity contribution in [3.8, 4) is 5.75 Å². The van der Waals surface area contributed by atoms with Gasteiger partial charge in [0.25, 0.3) is 0 Å². The summed E-state index contributed by atoms with van der Waals surface area (Å²) >= 11 is 0. The lowest BCUT2D eigenvalue weighted by molar-refractivity contribution is 0.285. The van der Waals surface area contributed by atoms with E-state index in [1.54, 1.807) is 0 Å². The molecule has 1 saturated carbocycles. The van der Waals surface area contributed by atoms with E-state index in [1.807, 2.05) is 6.92 Å². The zero-order valence-corrected chi connectivity index (χ0v) is 12.5. The summed E-state index contributed by atoms with van der Waals surface area (Å²) in [7, 11) is 0. The lowest BCUT2D eigenvalue weighted by atomic mass is 9.86. The quantitative estimate of drug-likeness (QED) is 0.852. The molecule has 1 aromatic rings. The van der Waals surface area contributed by atoms with Crippen LogP contribution < -0.4 is 10.1 Å². The average molecular weight is 261 g/mol. The SMILES string of the molecule is CCOc1ccc(C(C)NC2CCCC(C)C2)cc1. The first kappa shape index (κ1) is 14.4. The van der Waals surface area contributed by atoms with Crippen molar-refractivity contribution in [2.45, 2.75) is 58.5 Å². The minimum Gasteiger partial charge on any atom is -0.494 e. The Labute approximate surface area is 117 Å². The standard InChI is InChI=1S/C17H27NO/c1-4-19-17-10-8-15(9-11-17)14(3)18-16-7-5-6-13(2)12-16/h8-11,13-14,16,18H,4-7,12H2,1-3H3. The molecule has 0 aromatic heterocycles. The van der Waals surface area contributed by atoms with Gasteiger partial charge in [0.1, 0.15) is 5.75 Å². The van der Waals surface area contributed by atoms with Crippen molar-refractivity contribution in [3.05, 3.63) is 29.8 Å². The van der Waals surface area contributed by atoms with E-state index >= 15 is 0 Å². The second-order valence-corrected chi connectivity index (χ2v) is 5.86. The molecule has 0 heterocycles. The molecule has 3 unspecified atom stereocenters. The van der Waals surface area contributed by atoms with Crippen LogP contribution in [0.15, 0.2) is 24.3 Å². The van der Waals surface area contributed by atoms with Crippen LogP contribution in [0.4, 0.5) is 0 Å². The van der Waals surface area contributed by atoms with Crippen molar-refractivity contribution in [2.24, 2.45) is 5.92 Å². The summed E-state index contributed by atoms with van der Waals surface area (Å²) in [6.45, 7) is 7.37. The maximum Gasteiger partial charge on any atom is 0.119 e. The Morgan fingerprint density at radius 3 is 2.63 bits per heavy atom. The summed E-state index contributed by atoms with van der Waals surface area (Å²) in [4.78, 5) is 0. The zero-order chi connectivity index (χ0) is 13.7. The molecule has 19 heavy (non-hydrogen) atoms. The number of hydrogen-bond donors (Lipinski definition) is 1. The lowest BCUT2D eigenvalue weighted by Crippen LogP contribution is -2.35. The second-order valence-electron chi connectivity index (χ2n) is 5.86. The van der Waals surface area contributed by atoms with Crippen molar-refractivity contribution >= 4 is 0 Å². The van der Waals surface area contributed by atoms with E-state index in [1.165, 1.54) is 31.2 Å². The molecule has 2 rings (SSSR count). The van der Waals surface area contributed by atoms with Crippen molar-refractivity contribution in [2.75, 3.05) is 6.61 Å². The molecule has 1 N–H and O–H groups in total. The lowest BCUT2D eigenvalue weighted by Gasteiger charge is -2.30. The van der Waals surface area contributed by atoms with Crippen LogP contribution in [0.3, 0.4) is 0 Å². The van der Waals surface area contributed by atoms with Crippen LogP contribution in [0.2, 0.25) is 0 Å². The Kier molecular flexibility index (Phi) is 5.26. The molecule has 0 aliphatic heterocycles. The van der Waals surface area contributed by atoms with E-state index in [9.17, 15) is 0 Å². The van der Waals surface area contributed by atoms with Crippen molar-refractivity contribution in [1.29, 1.82) is 0 Å². The van der Waals surface area contributed by atoms with Gasteiger partial charge in [0, 0.05) is 12.1 Å².